The molecule has 17 heavy (non-hydrogen) atoms. The molecule has 0 aliphatic rings. The minimum absolute atomic E-state index is 0.602. The fraction of sp³-hybridized carbons (Fsp3) is 0.571. The zero-order valence-corrected chi connectivity index (χ0v) is 10.9. The molecule has 96 valence electrons. The maximum Gasteiger partial charge on any atom is 0.146 e. The number of rotatable bonds is 8. The van der Waals surface area contributed by atoms with E-state index in [1.54, 1.807) is 0 Å². The lowest BCUT2D eigenvalue weighted by Crippen LogP contribution is -2.03. The van der Waals surface area contributed by atoms with Gasteiger partial charge in [0.05, 0.1) is 13.2 Å². The van der Waals surface area contributed by atoms with Crippen molar-refractivity contribution in [2.24, 2.45) is 0 Å². The van der Waals surface area contributed by atoms with E-state index >= 15 is 0 Å². The first kappa shape index (κ1) is 13.7. The lowest BCUT2D eigenvalue weighted by Gasteiger charge is -2.12. The van der Waals surface area contributed by atoms with Gasteiger partial charge in [-0.3, -0.25) is 0 Å². The Labute approximate surface area is 104 Å². The first-order chi connectivity index (χ1) is 8.29. The Bertz CT molecular complexity index is 326. The van der Waals surface area contributed by atoms with E-state index < -0.39 is 0 Å². The SMILES string of the molecule is CCCCCCOc1cccc(OCC)c1N. The molecule has 0 bridgehead atoms. The zero-order chi connectivity index (χ0) is 12.5. The van der Waals surface area contributed by atoms with Gasteiger partial charge in [-0.05, 0) is 25.5 Å². The summed E-state index contributed by atoms with van der Waals surface area (Å²) in [5.41, 5.74) is 6.56. The maximum atomic E-state index is 5.96. The third kappa shape index (κ3) is 4.55. The van der Waals surface area contributed by atoms with Crippen LogP contribution in [0.1, 0.15) is 39.5 Å². The molecule has 0 aromatic heterocycles. The predicted octanol–water partition coefficient (Wildman–Crippen LogP) is 3.63. The summed E-state index contributed by atoms with van der Waals surface area (Å²) in [6.45, 7) is 5.48. The molecule has 0 fully saturated rings. The van der Waals surface area contributed by atoms with Crippen molar-refractivity contribution >= 4 is 5.69 Å². The summed E-state index contributed by atoms with van der Waals surface area (Å²) < 4.78 is 11.1. The van der Waals surface area contributed by atoms with Crippen LogP contribution in [0.4, 0.5) is 5.69 Å². The van der Waals surface area contributed by atoms with E-state index in [0.717, 1.165) is 18.8 Å². The lowest BCUT2D eigenvalue weighted by molar-refractivity contribution is 0.301. The van der Waals surface area contributed by atoms with Crippen LogP contribution in [0.5, 0.6) is 11.5 Å². The van der Waals surface area contributed by atoms with Gasteiger partial charge in [0.25, 0.3) is 0 Å². The van der Waals surface area contributed by atoms with Crippen LogP contribution in [0.2, 0.25) is 0 Å². The molecule has 3 heteroatoms. The number of nitrogen functional groups attached to an aromatic ring is 1. The summed E-state index contributed by atoms with van der Waals surface area (Å²) in [5.74, 6) is 1.44. The minimum atomic E-state index is 0.602. The lowest BCUT2D eigenvalue weighted by atomic mass is 10.2. The van der Waals surface area contributed by atoms with Crippen LogP contribution in [0.25, 0.3) is 0 Å². The van der Waals surface area contributed by atoms with Crippen molar-refractivity contribution in [2.75, 3.05) is 18.9 Å². The molecule has 0 radical (unpaired) electrons. The highest BCUT2D eigenvalue weighted by molar-refractivity contribution is 5.62. The molecule has 0 aliphatic carbocycles. The van der Waals surface area contributed by atoms with Gasteiger partial charge in [-0.25, -0.2) is 0 Å². The van der Waals surface area contributed by atoms with Crippen LogP contribution in [0, 0.1) is 0 Å². The third-order valence-corrected chi connectivity index (χ3v) is 2.58. The van der Waals surface area contributed by atoms with Gasteiger partial charge in [0, 0.05) is 0 Å². The number of nitrogens with two attached hydrogens (primary N) is 1. The van der Waals surface area contributed by atoms with Gasteiger partial charge in [-0.15, -0.1) is 0 Å². The van der Waals surface area contributed by atoms with Gasteiger partial charge in [0.15, 0.2) is 0 Å². The number of para-hydroxylation sites is 1. The van der Waals surface area contributed by atoms with E-state index in [9.17, 15) is 0 Å². The maximum absolute atomic E-state index is 5.96. The molecule has 0 heterocycles. The predicted molar refractivity (Wildman–Crippen MR) is 71.7 cm³/mol. The van der Waals surface area contributed by atoms with Crippen molar-refractivity contribution < 1.29 is 9.47 Å². The van der Waals surface area contributed by atoms with Crippen molar-refractivity contribution in [1.82, 2.24) is 0 Å². The van der Waals surface area contributed by atoms with E-state index in [0.29, 0.717) is 18.0 Å². The molecule has 3 nitrogen and oxygen atoms in total. The second-order valence-electron chi connectivity index (χ2n) is 4.01. The number of unbranched alkanes of at least 4 members (excludes halogenated alkanes) is 3. The second kappa shape index (κ2) is 7.82. The van der Waals surface area contributed by atoms with Crippen molar-refractivity contribution in [1.29, 1.82) is 0 Å². The van der Waals surface area contributed by atoms with E-state index in [2.05, 4.69) is 6.92 Å². The van der Waals surface area contributed by atoms with Crippen molar-refractivity contribution in [2.45, 2.75) is 39.5 Å². The standard InChI is InChI=1S/C14H23NO2/c1-3-5-6-7-11-17-13-10-8-9-12(14(13)15)16-4-2/h8-10H,3-7,11,15H2,1-2H3. The molecule has 2 N–H and O–H groups in total. The number of hydrogen-bond acceptors (Lipinski definition) is 3. The Hall–Kier alpha value is -1.38. The molecular weight excluding hydrogens is 214 g/mol. The Morgan fingerprint density at radius 1 is 1.00 bits per heavy atom. The Morgan fingerprint density at radius 3 is 2.35 bits per heavy atom. The molecule has 1 rings (SSSR count). The number of anilines is 1. The van der Waals surface area contributed by atoms with Crippen molar-refractivity contribution in [3.05, 3.63) is 18.2 Å². The van der Waals surface area contributed by atoms with Crippen LogP contribution in [0.15, 0.2) is 18.2 Å². The Balaban J connectivity index is 2.44. The highest BCUT2D eigenvalue weighted by atomic mass is 16.5. The van der Waals surface area contributed by atoms with E-state index in [1.807, 2.05) is 25.1 Å². The molecular formula is C14H23NO2. The van der Waals surface area contributed by atoms with Crippen LogP contribution in [0.3, 0.4) is 0 Å². The third-order valence-electron chi connectivity index (χ3n) is 2.58. The number of ether oxygens (including phenoxy) is 2. The zero-order valence-electron chi connectivity index (χ0n) is 10.9. The monoisotopic (exact) mass is 237 g/mol. The van der Waals surface area contributed by atoms with Gasteiger partial charge in [0.1, 0.15) is 17.2 Å². The molecule has 0 amide bonds. The largest absolute Gasteiger partial charge is 0.492 e. The normalized spacial score (nSPS) is 10.2. The van der Waals surface area contributed by atoms with E-state index in [4.69, 9.17) is 15.2 Å². The number of benzene rings is 1. The first-order valence-electron chi connectivity index (χ1n) is 6.43. The van der Waals surface area contributed by atoms with Gasteiger partial charge >= 0.3 is 0 Å². The van der Waals surface area contributed by atoms with Crippen LogP contribution >= 0.6 is 0 Å². The molecule has 0 atom stereocenters. The minimum Gasteiger partial charge on any atom is -0.492 e. The Kier molecular flexibility index (Phi) is 6.30. The fourth-order valence-corrected chi connectivity index (χ4v) is 1.64. The smallest absolute Gasteiger partial charge is 0.146 e. The van der Waals surface area contributed by atoms with E-state index in [1.165, 1.54) is 19.3 Å². The summed E-state index contributed by atoms with van der Waals surface area (Å²) in [7, 11) is 0. The molecule has 0 spiro atoms. The van der Waals surface area contributed by atoms with Gasteiger partial charge in [-0.1, -0.05) is 32.3 Å². The summed E-state index contributed by atoms with van der Waals surface area (Å²) >= 11 is 0. The van der Waals surface area contributed by atoms with Gasteiger partial charge in [0.2, 0.25) is 0 Å². The van der Waals surface area contributed by atoms with Crippen LogP contribution < -0.4 is 15.2 Å². The van der Waals surface area contributed by atoms with Crippen LogP contribution in [-0.4, -0.2) is 13.2 Å². The van der Waals surface area contributed by atoms with Crippen molar-refractivity contribution in [3.63, 3.8) is 0 Å². The number of hydrogen-bond donors (Lipinski definition) is 1. The average molecular weight is 237 g/mol. The van der Waals surface area contributed by atoms with E-state index in [-0.39, 0.29) is 0 Å². The van der Waals surface area contributed by atoms with Crippen molar-refractivity contribution in [3.8, 4) is 11.5 Å². The molecule has 1 aromatic carbocycles. The molecule has 0 saturated carbocycles. The highest BCUT2D eigenvalue weighted by Gasteiger charge is 2.06. The molecule has 0 saturated heterocycles. The summed E-state index contributed by atoms with van der Waals surface area (Å²) in [6.07, 6.45) is 4.79. The second-order valence-corrected chi connectivity index (χ2v) is 4.01. The molecule has 1 aromatic rings. The first-order valence-corrected chi connectivity index (χ1v) is 6.43. The highest BCUT2D eigenvalue weighted by Crippen LogP contribution is 2.31. The fourth-order valence-electron chi connectivity index (χ4n) is 1.64. The quantitative estimate of drug-likeness (QED) is 0.554. The summed E-state index contributed by atoms with van der Waals surface area (Å²) in [5, 5.41) is 0. The molecule has 0 unspecified atom stereocenters. The summed E-state index contributed by atoms with van der Waals surface area (Å²) in [6, 6.07) is 5.66. The molecule has 0 aliphatic heterocycles. The van der Waals surface area contributed by atoms with Gasteiger partial charge in [-0.2, -0.15) is 0 Å². The topological polar surface area (TPSA) is 44.5 Å². The van der Waals surface area contributed by atoms with Gasteiger partial charge < -0.3 is 15.2 Å². The van der Waals surface area contributed by atoms with Crippen LogP contribution in [-0.2, 0) is 0 Å². The Morgan fingerprint density at radius 2 is 1.71 bits per heavy atom. The summed E-state index contributed by atoms with van der Waals surface area (Å²) in [4.78, 5) is 0. The average Bonchev–Trinajstić information content (AvgIpc) is 2.33.